The third-order valence-electron chi connectivity index (χ3n) is 6.12. The molecule has 1 saturated heterocycles. The topological polar surface area (TPSA) is 54.5 Å². The average Bonchev–Trinajstić information content (AvgIpc) is 3.12. The Balaban J connectivity index is 1.62. The van der Waals surface area contributed by atoms with Crippen LogP contribution in [0.25, 0.3) is 0 Å². The van der Waals surface area contributed by atoms with Crippen LogP contribution in [0.1, 0.15) is 49.7 Å². The van der Waals surface area contributed by atoms with Crippen LogP contribution < -0.4 is 5.32 Å². The maximum absolute atomic E-state index is 12.5. The Kier molecular flexibility index (Phi) is 6.12. The average molecular weight is 370 g/mol. The lowest BCUT2D eigenvalue weighted by Crippen LogP contribution is -2.40. The molecule has 1 aliphatic carbocycles. The molecule has 3 atom stereocenters. The minimum atomic E-state index is -0.0701. The van der Waals surface area contributed by atoms with Crippen LogP contribution in [0.4, 0.5) is 0 Å². The van der Waals surface area contributed by atoms with Crippen LogP contribution >= 0.6 is 0 Å². The molecule has 0 radical (unpaired) electrons. The molecule has 1 aromatic heterocycles. The van der Waals surface area contributed by atoms with E-state index in [1.54, 1.807) is 13.3 Å². The summed E-state index contributed by atoms with van der Waals surface area (Å²) in [5.41, 5.74) is 5.51. The minimum absolute atomic E-state index is 0.0701. The van der Waals surface area contributed by atoms with Gasteiger partial charge in [0.2, 0.25) is 0 Å². The highest BCUT2D eigenvalue weighted by molar-refractivity contribution is 5.93. The fourth-order valence-electron chi connectivity index (χ4n) is 4.22. The van der Waals surface area contributed by atoms with Crippen LogP contribution in [0, 0.1) is 6.92 Å². The van der Waals surface area contributed by atoms with Gasteiger partial charge in [-0.15, -0.1) is 0 Å². The highest BCUT2D eigenvalue weighted by atomic mass is 16.5. The predicted octanol–water partition coefficient (Wildman–Crippen LogP) is 3.26. The number of methoxy groups -OCH3 is 1. The van der Waals surface area contributed by atoms with Gasteiger partial charge < -0.3 is 10.1 Å². The van der Waals surface area contributed by atoms with E-state index in [-0.39, 0.29) is 18.1 Å². The van der Waals surface area contributed by atoms with Crippen molar-refractivity contribution in [2.75, 3.05) is 20.2 Å². The van der Waals surface area contributed by atoms with E-state index in [1.807, 2.05) is 19.1 Å². The van der Waals surface area contributed by atoms with Crippen LogP contribution in [0.15, 0.2) is 41.1 Å². The molecule has 0 bridgehead atoms. The maximum atomic E-state index is 12.5. The van der Waals surface area contributed by atoms with Crippen molar-refractivity contribution >= 4 is 5.91 Å². The zero-order valence-corrected chi connectivity index (χ0v) is 17.1. The number of hydrogen-bond donors (Lipinski definition) is 1. The van der Waals surface area contributed by atoms with Gasteiger partial charge in [-0.25, -0.2) is 0 Å². The Bertz CT molecular complexity index is 769. The molecule has 1 aliphatic heterocycles. The van der Waals surface area contributed by atoms with Crippen LogP contribution in [0.5, 0.6) is 0 Å². The summed E-state index contributed by atoms with van der Waals surface area (Å²) in [5, 5.41) is 3.17. The Morgan fingerprint density at radius 1 is 1.37 bits per heavy atom. The van der Waals surface area contributed by atoms with Gasteiger partial charge in [-0.1, -0.05) is 12.1 Å². The molecule has 1 aromatic rings. The van der Waals surface area contributed by atoms with Gasteiger partial charge in [0.15, 0.2) is 0 Å². The van der Waals surface area contributed by atoms with Gasteiger partial charge in [0.05, 0.1) is 6.10 Å². The van der Waals surface area contributed by atoms with Crippen molar-refractivity contribution in [3.63, 3.8) is 0 Å². The highest BCUT2D eigenvalue weighted by Gasteiger charge is 2.31. The van der Waals surface area contributed by atoms with Gasteiger partial charge in [-0.2, -0.15) is 0 Å². The molecular formula is C22H31N3O2. The zero-order chi connectivity index (χ0) is 19.6. The van der Waals surface area contributed by atoms with Crippen molar-refractivity contribution in [1.29, 1.82) is 0 Å². The summed E-state index contributed by atoms with van der Waals surface area (Å²) in [6.07, 6.45) is 6.10. The molecule has 0 aromatic carbocycles. The molecule has 27 heavy (non-hydrogen) atoms. The molecule has 5 heteroatoms. The van der Waals surface area contributed by atoms with E-state index < -0.39 is 0 Å². The summed E-state index contributed by atoms with van der Waals surface area (Å²) in [6, 6.07) is 4.29. The molecule has 2 unspecified atom stereocenters. The quantitative estimate of drug-likeness (QED) is 0.866. The van der Waals surface area contributed by atoms with Crippen molar-refractivity contribution in [3.05, 3.63) is 52.4 Å². The summed E-state index contributed by atoms with van der Waals surface area (Å²) in [7, 11) is 1.78. The van der Waals surface area contributed by atoms with E-state index >= 15 is 0 Å². The Hall–Kier alpha value is -1.98. The maximum Gasteiger partial charge on any atom is 0.270 e. The number of aryl methyl sites for hydroxylation is 1. The first-order chi connectivity index (χ1) is 12.9. The molecule has 5 nitrogen and oxygen atoms in total. The second kappa shape index (κ2) is 8.36. The third kappa shape index (κ3) is 4.14. The highest BCUT2D eigenvalue weighted by Crippen LogP contribution is 2.31. The number of nitrogens with one attached hydrogen (secondary N) is 1. The van der Waals surface area contributed by atoms with Gasteiger partial charge in [0.25, 0.3) is 5.91 Å². The molecule has 1 fully saturated rings. The normalized spacial score (nSPS) is 24.7. The molecule has 2 aliphatic rings. The van der Waals surface area contributed by atoms with E-state index in [2.05, 4.69) is 42.0 Å². The van der Waals surface area contributed by atoms with E-state index in [1.165, 1.54) is 16.7 Å². The minimum Gasteiger partial charge on any atom is -0.377 e. The van der Waals surface area contributed by atoms with Crippen molar-refractivity contribution in [2.24, 2.45) is 0 Å². The SMILES string of the molecule is COC1CC=C(C(C)N2CC[C@@H](NC(=O)c3ncccc3C)C2)C(C)=C1C. The lowest BCUT2D eigenvalue weighted by Gasteiger charge is -2.32. The molecule has 2 heterocycles. The number of nitrogens with zero attached hydrogens (tertiary/aromatic N) is 2. The fourth-order valence-corrected chi connectivity index (χ4v) is 4.22. The van der Waals surface area contributed by atoms with Crippen LogP contribution in [-0.2, 0) is 4.74 Å². The lowest BCUT2D eigenvalue weighted by atomic mass is 9.87. The second-order valence-electron chi connectivity index (χ2n) is 7.73. The summed E-state index contributed by atoms with van der Waals surface area (Å²) >= 11 is 0. The molecule has 0 spiro atoms. The van der Waals surface area contributed by atoms with E-state index in [4.69, 9.17) is 4.74 Å². The van der Waals surface area contributed by atoms with Crippen molar-refractivity contribution in [2.45, 2.75) is 58.7 Å². The van der Waals surface area contributed by atoms with Crippen molar-refractivity contribution in [1.82, 2.24) is 15.2 Å². The number of pyridine rings is 1. The summed E-state index contributed by atoms with van der Waals surface area (Å²) < 4.78 is 5.57. The number of ether oxygens (including phenoxy) is 1. The van der Waals surface area contributed by atoms with Gasteiger partial charge in [-0.3, -0.25) is 14.7 Å². The van der Waals surface area contributed by atoms with Gasteiger partial charge in [-0.05, 0) is 68.9 Å². The summed E-state index contributed by atoms with van der Waals surface area (Å²) in [6.45, 7) is 10.4. The van der Waals surface area contributed by atoms with E-state index in [0.29, 0.717) is 11.7 Å². The first kappa shape index (κ1) is 19.8. The molecule has 1 N–H and O–H groups in total. The number of likely N-dealkylation sites (tertiary alicyclic amines) is 1. The van der Waals surface area contributed by atoms with Crippen molar-refractivity contribution in [3.8, 4) is 0 Å². The van der Waals surface area contributed by atoms with E-state index in [9.17, 15) is 4.79 Å². The standard InChI is InChI=1S/C22H31N3O2/c1-14-7-6-11-23-21(14)22(26)24-18-10-12-25(13-18)17(4)19-8-9-20(27-5)16(3)15(19)2/h6-8,11,17-18,20H,9-10,12-13H2,1-5H3,(H,24,26)/t17?,18-,20?/m1/s1. The number of rotatable bonds is 5. The number of aromatic nitrogens is 1. The first-order valence-corrected chi connectivity index (χ1v) is 9.79. The van der Waals surface area contributed by atoms with Gasteiger partial charge in [0, 0.05) is 38.5 Å². The Morgan fingerprint density at radius 2 is 2.15 bits per heavy atom. The van der Waals surface area contributed by atoms with Gasteiger partial charge in [0.1, 0.15) is 5.69 Å². The second-order valence-corrected chi connectivity index (χ2v) is 7.73. The van der Waals surface area contributed by atoms with Crippen LogP contribution in [-0.4, -0.2) is 54.2 Å². The first-order valence-electron chi connectivity index (χ1n) is 9.79. The van der Waals surface area contributed by atoms with Crippen LogP contribution in [0.2, 0.25) is 0 Å². The third-order valence-corrected chi connectivity index (χ3v) is 6.12. The lowest BCUT2D eigenvalue weighted by molar-refractivity contribution is 0.0931. The van der Waals surface area contributed by atoms with Crippen molar-refractivity contribution < 1.29 is 9.53 Å². The Morgan fingerprint density at radius 3 is 2.85 bits per heavy atom. The number of amides is 1. The Labute approximate surface area is 162 Å². The summed E-state index contributed by atoms with van der Waals surface area (Å²) in [4.78, 5) is 19.2. The largest absolute Gasteiger partial charge is 0.377 e. The molecule has 146 valence electrons. The molecule has 3 rings (SSSR count). The number of carbonyl (C=O) groups is 1. The van der Waals surface area contributed by atoms with Crippen LogP contribution in [0.3, 0.4) is 0 Å². The molecule has 0 saturated carbocycles. The fraction of sp³-hybridized carbons (Fsp3) is 0.545. The molecule has 1 amide bonds. The smallest absolute Gasteiger partial charge is 0.270 e. The number of carbonyl (C=O) groups excluding carboxylic acids is 1. The molecular weight excluding hydrogens is 338 g/mol. The monoisotopic (exact) mass is 369 g/mol. The van der Waals surface area contributed by atoms with E-state index in [0.717, 1.165) is 31.5 Å². The predicted molar refractivity (Wildman–Crippen MR) is 108 cm³/mol. The zero-order valence-electron chi connectivity index (χ0n) is 17.1. The number of hydrogen-bond acceptors (Lipinski definition) is 4. The van der Waals surface area contributed by atoms with Gasteiger partial charge >= 0.3 is 0 Å². The summed E-state index contributed by atoms with van der Waals surface area (Å²) in [5.74, 6) is -0.0701.